The molecule has 116 valence electrons. The van der Waals surface area contributed by atoms with E-state index in [2.05, 4.69) is 24.1 Å². The molecular weight excluding hydrogens is 244 g/mol. The van der Waals surface area contributed by atoms with Gasteiger partial charge in [0.05, 0.1) is 0 Å². The van der Waals surface area contributed by atoms with Crippen molar-refractivity contribution in [1.29, 1.82) is 0 Å². The Balaban J connectivity index is 1.59. The van der Waals surface area contributed by atoms with Gasteiger partial charge in [0.1, 0.15) is 0 Å². The molecule has 2 atom stereocenters. The minimum atomic E-state index is 0.804. The third-order valence-electron chi connectivity index (χ3n) is 6.31. The summed E-state index contributed by atoms with van der Waals surface area (Å²) in [5.74, 6) is 1.89. The highest BCUT2D eigenvalue weighted by Gasteiger charge is 2.36. The molecule has 1 aliphatic carbocycles. The van der Waals surface area contributed by atoms with E-state index in [0.29, 0.717) is 0 Å². The molecule has 3 aliphatic rings. The van der Waals surface area contributed by atoms with E-state index >= 15 is 0 Å². The summed E-state index contributed by atoms with van der Waals surface area (Å²) < 4.78 is 0. The van der Waals surface area contributed by atoms with Crippen LogP contribution in [-0.2, 0) is 0 Å². The molecule has 1 saturated carbocycles. The van der Waals surface area contributed by atoms with E-state index in [-0.39, 0.29) is 0 Å². The molecule has 0 amide bonds. The summed E-state index contributed by atoms with van der Waals surface area (Å²) in [4.78, 5) is 2.93. The van der Waals surface area contributed by atoms with E-state index in [1.165, 1.54) is 70.9 Å². The van der Waals surface area contributed by atoms with E-state index in [1.807, 2.05) is 0 Å². The van der Waals surface area contributed by atoms with Gasteiger partial charge in [0.25, 0.3) is 0 Å². The van der Waals surface area contributed by atoms with Crippen LogP contribution in [0.2, 0.25) is 0 Å². The third kappa shape index (κ3) is 3.22. The quantitative estimate of drug-likeness (QED) is 0.844. The lowest BCUT2D eigenvalue weighted by molar-refractivity contribution is 0.0418. The summed E-state index contributed by atoms with van der Waals surface area (Å²) in [6.07, 6.45) is 13.0. The second-order valence-electron chi connectivity index (χ2n) is 7.82. The van der Waals surface area contributed by atoms with Crippen LogP contribution in [0.15, 0.2) is 0 Å². The van der Waals surface area contributed by atoms with Crippen LogP contribution < -0.4 is 5.32 Å². The molecule has 3 rings (SSSR count). The molecule has 3 fully saturated rings. The summed E-state index contributed by atoms with van der Waals surface area (Å²) in [5.41, 5.74) is 0. The Labute approximate surface area is 125 Å². The van der Waals surface area contributed by atoms with Crippen molar-refractivity contribution in [2.75, 3.05) is 13.1 Å². The normalized spacial score (nSPS) is 40.4. The number of rotatable bonds is 3. The molecule has 1 N–H and O–H groups in total. The summed E-state index contributed by atoms with van der Waals surface area (Å²) in [7, 11) is 0. The van der Waals surface area contributed by atoms with Crippen molar-refractivity contribution in [2.24, 2.45) is 11.8 Å². The molecule has 20 heavy (non-hydrogen) atoms. The topological polar surface area (TPSA) is 15.3 Å². The van der Waals surface area contributed by atoms with Crippen molar-refractivity contribution in [3.63, 3.8) is 0 Å². The molecule has 0 aromatic heterocycles. The van der Waals surface area contributed by atoms with Gasteiger partial charge in [0.2, 0.25) is 0 Å². The molecule has 0 aromatic rings. The predicted octanol–water partition coefficient (Wildman–Crippen LogP) is 3.81. The van der Waals surface area contributed by atoms with Gasteiger partial charge in [-0.15, -0.1) is 0 Å². The highest BCUT2D eigenvalue weighted by Crippen LogP contribution is 2.35. The average molecular weight is 278 g/mol. The summed E-state index contributed by atoms with van der Waals surface area (Å²) in [5, 5.41) is 3.78. The number of nitrogens with one attached hydrogen (secondary N) is 1. The molecule has 2 saturated heterocycles. The van der Waals surface area contributed by atoms with Crippen LogP contribution in [0.25, 0.3) is 0 Å². The highest BCUT2D eigenvalue weighted by molar-refractivity contribution is 4.94. The van der Waals surface area contributed by atoms with E-state index in [0.717, 1.165) is 30.0 Å². The largest absolute Gasteiger partial charge is 0.312 e. The maximum absolute atomic E-state index is 3.78. The zero-order chi connectivity index (χ0) is 13.9. The first-order valence-corrected chi connectivity index (χ1v) is 9.25. The third-order valence-corrected chi connectivity index (χ3v) is 6.31. The van der Waals surface area contributed by atoms with Crippen molar-refractivity contribution in [3.05, 3.63) is 0 Å². The Hall–Kier alpha value is -0.0800. The monoisotopic (exact) mass is 278 g/mol. The van der Waals surface area contributed by atoms with E-state index < -0.39 is 0 Å². The van der Waals surface area contributed by atoms with Gasteiger partial charge < -0.3 is 5.32 Å². The van der Waals surface area contributed by atoms with E-state index in [9.17, 15) is 0 Å². The first-order chi connectivity index (χ1) is 9.75. The number of piperidine rings is 1. The molecule has 2 heterocycles. The maximum Gasteiger partial charge on any atom is 0.0252 e. The van der Waals surface area contributed by atoms with Gasteiger partial charge in [-0.3, -0.25) is 4.90 Å². The molecule has 0 bridgehead atoms. The second-order valence-corrected chi connectivity index (χ2v) is 7.82. The Bertz CT molecular complexity index is 288. The summed E-state index contributed by atoms with van der Waals surface area (Å²) in [6.45, 7) is 7.46. The number of hydrogen-bond acceptors (Lipinski definition) is 2. The van der Waals surface area contributed by atoms with Crippen LogP contribution >= 0.6 is 0 Å². The summed E-state index contributed by atoms with van der Waals surface area (Å²) >= 11 is 0. The van der Waals surface area contributed by atoms with Crippen LogP contribution in [-0.4, -0.2) is 36.1 Å². The fourth-order valence-electron chi connectivity index (χ4n) is 5.01. The molecular formula is C18H34N2. The molecule has 2 unspecified atom stereocenters. The molecule has 0 radical (unpaired) electrons. The minimum absolute atomic E-state index is 0.804. The SMILES string of the molecule is CC(C)C1CCC(N2CCCCC2C2CCCN2)CC1. The van der Waals surface area contributed by atoms with Crippen LogP contribution in [0.5, 0.6) is 0 Å². The van der Waals surface area contributed by atoms with Gasteiger partial charge in [0.15, 0.2) is 0 Å². The van der Waals surface area contributed by atoms with E-state index in [1.54, 1.807) is 0 Å². The van der Waals surface area contributed by atoms with Crippen LogP contribution in [0, 0.1) is 11.8 Å². The lowest BCUT2D eigenvalue weighted by Crippen LogP contribution is -2.54. The molecule has 0 spiro atoms. The Morgan fingerprint density at radius 2 is 1.70 bits per heavy atom. The lowest BCUT2D eigenvalue weighted by atomic mass is 9.78. The van der Waals surface area contributed by atoms with E-state index in [4.69, 9.17) is 0 Å². The van der Waals surface area contributed by atoms with Gasteiger partial charge >= 0.3 is 0 Å². The van der Waals surface area contributed by atoms with Crippen molar-refractivity contribution >= 4 is 0 Å². The molecule has 0 aromatic carbocycles. The fourth-order valence-corrected chi connectivity index (χ4v) is 5.01. The van der Waals surface area contributed by atoms with Crippen LogP contribution in [0.3, 0.4) is 0 Å². The fraction of sp³-hybridized carbons (Fsp3) is 1.00. The highest BCUT2D eigenvalue weighted by atomic mass is 15.2. The average Bonchev–Trinajstić information content (AvgIpc) is 3.01. The van der Waals surface area contributed by atoms with Crippen molar-refractivity contribution in [1.82, 2.24) is 10.2 Å². The second kappa shape index (κ2) is 6.79. The Morgan fingerprint density at radius 3 is 2.35 bits per heavy atom. The first kappa shape index (κ1) is 14.8. The van der Waals surface area contributed by atoms with Gasteiger partial charge in [-0.05, 0) is 76.3 Å². The number of likely N-dealkylation sites (tertiary alicyclic amines) is 1. The predicted molar refractivity (Wildman–Crippen MR) is 86.0 cm³/mol. The maximum atomic E-state index is 3.78. The van der Waals surface area contributed by atoms with Gasteiger partial charge in [-0.25, -0.2) is 0 Å². The summed E-state index contributed by atoms with van der Waals surface area (Å²) in [6, 6.07) is 2.56. The van der Waals surface area contributed by atoms with Crippen molar-refractivity contribution in [3.8, 4) is 0 Å². The Morgan fingerprint density at radius 1 is 0.900 bits per heavy atom. The van der Waals surface area contributed by atoms with Gasteiger partial charge in [0, 0.05) is 18.1 Å². The van der Waals surface area contributed by atoms with Crippen LogP contribution in [0.4, 0.5) is 0 Å². The lowest BCUT2D eigenvalue weighted by Gasteiger charge is -2.46. The zero-order valence-electron chi connectivity index (χ0n) is 13.6. The van der Waals surface area contributed by atoms with Crippen molar-refractivity contribution < 1.29 is 0 Å². The van der Waals surface area contributed by atoms with Crippen molar-refractivity contribution in [2.45, 2.75) is 89.8 Å². The Kier molecular flexibility index (Phi) is 5.04. The zero-order valence-corrected chi connectivity index (χ0v) is 13.6. The molecule has 2 heteroatoms. The van der Waals surface area contributed by atoms with Crippen LogP contribution in [0.1, 0.15) is 71.6 Å². The number of nitrogens with zero attached hydrogens (tertiary/aromatic N) is 1. The smallest absolute Gasteiger partial charge is 0.0252 e. The van der Waals surface area contributed by atoms with Gasteiger partial charge in [-0.1, -0.05) is 20.3 Å². The minimum Gasteiger partial charge on any atom is -0.312 e. The van der Waals surface area contributed by atoms with Gasteiger partial charge in [-0.2, -0.15) is 0 Å². The molecule has 2 aliphatic heterocycles. The standard InChI is InChI=1S/C18H34N2/c1-14(2)15-8-10-16(11-9-15)20-13-4-3-7-18(20)17-6-5-12-19-17/h14-19H,3-13H2,1-2H3. The molecule has 2 nitrogen and oxygen atoms in total. The first-order valence-electron chi connectivity index (χ1n) is 9.25. The number of hydrogen-bond donors (Lipinski definition) is 1.